The number of alkyl halides is 5. The Morgan fingerprint density at radius 1 is 1.00 bits per heavy atom. The first-order valence-electron chi connectivity index (χ1n) is 13.8. The van der Waals surface area contributed by atoms with E-state index in [9.17, 15) is 26.7 Å². The fourth-order valence-electron chi connectivity index (χ4n) is 7.89. The third-order valence-corrected chi connectivity index (χ3v) is 9.84. The maximum absolute atomic E-state index is 13.1. The minimum absolute atomic E-state index is 0.0671. The molecule has 0 bridgehead atoms. The van der Waals surface area contributed by atoms with Gasteiger partial charge in [0.25, 0.3) is 0 Å². The summed E-state index contributed by atoms with van der Waals surface area (Å²) < 4.78 is 65.4. The van der Waals surface area contributed by atoms with E-state index in [4.69, 9.17) is 5.26 Å². The lowest BCUT2D eigenvalue weighted by Crippen LogP contribution is -2.70. The number of rotatable bonds is 4. The van der Waals surface area contributed by atoms with Gasteiger partial charge in [-0.3, -0.25) is 5.10 Å². The molecule has 12 heteroatoms. The van der Waals surface area contributed by atoms with Crippen molar-refractivity contribution in [3.8, 4) is 6.07 Å². The monoisotopic (exact) mass is 560 g/mol. The second-order valence-corrected chi connectivity index (χ2v) is 13.1. The smallest absolute Gasteiger partial charge is 0.323 e. The average molecular weight is 561 g/mol. The minimum Gasteiger partial charge on any atom is -0.323 e. The molecule has 3 saturated carbocycles. The zero-order valence-corrected chi connectivity index (χ0v) is 21.8. The van der Waals surface area contributed by atoms with Crippen molar-refractivity contribution in [2.45, 2.75) is 68.9 Å². The number of H-pyrrole nitrogens is 1. The SMILES string of the molecule is N#Cc1cc(CC2CC3(C2)CN(C(=O)N2CC4(CC(c5nc(C6CC(F)(F)C6)n[nH]5)C4)C2)C3)ccc1C(F)(F)F. The second-order valence-electron chi connectivity index (χ2n) is 13.1. The summed E-state index contributed by atoms with van der Waals surface area (Å²) in [6.45, 7) is 2.87. The number of nitriles is 1. The number of benzene rings is 1. The van der Waals surface area contributed by atoms with Gasteiger partial charge in [-0.2, -0.15) is 23.5 Å². The number of amides is 2. The van der Waals surface area contributed by atoms with E-state index < -0.39 is 17.7 Å². The number of nitrogens with one attached hydrogen (secondary N) is 1. The van der Waals surface area contributed by atoms with Gasteiger partial charge in [-0.25, -0.2) is 18.6 Å². The van der Waals surface area contributed by atoms with E-state index in [1.807, 2.05) is 9.80 Å². The fraction of sp³-hybridized carbons (Fsp3) is 0.643. The Balaban J connectivity index is 0.842. The molecule has 7 rings (SSSR count). The number of hydrogen-bond acceptors (Lipinski definition) is 4. The van der Waals surface area contributed by atoms with Crippen molar-refractivity contribution in [3.63, 3.8) is 0 Å². The summed E-state index contributed by atoms with van der Waals surface area (Å²) in [4.78, 5) is 21.3. The summed E-state index contributed by atoms with van der Waals surface area (Å²) >= 11 is 0. The Morgan fingerprint density at radius 3 is 2.20 bits per heavy atom. The first-order chi connectivity index (χ1) is 18.8. The van der Waals surface area contributed by atoms with Crippen LogP contribution in [0.3, 0.4) is 0 Å². The van der Waals surface area contributed by atoms with Gasteiger partial charge in [0.15, 0.2) is 5.82 Å². The molecule has 0 radical (unpaired) electrons. The van der Waals surface area contributed by atoms with Crippen molar-refractivity contribution in [3.05, 3.63) is 46.5 Å². The summed E-state index contributed by atoms with van der Waals surface area (Å²) in [5.74, 6) is -1.03. The van der Waals surface area contributed by atoms with Gasteiger partial charge in [-0.1, -0.05) is 6.07 Å². The lowest BCUT2D eigenvalue weighted by atomic mass is 9.56. The van der Waals surface area contributed by atoms with Crippen LogP contribution in [-0.4, -0.2) is 63.1 Å². The maximum Gasteiger partial charge on any atom is 0.417 e. The molecule has 3 aliphatic carbocycles. The molecule has 1 aromatic heterocycles. The fourth-order valence-corrected chi connectivity index (χ4v) is 7.89. The van der Waals surface area contributed by atoms with Crippen LogP contribution in [0.4, 0.5) is 26.7 Å². The molecule has 1 aromatic carbocycles. The van der Waals surface area contributed by atoms with Gasteiger partial charge in [0.1, 0.15) is 5.82 Å². The van der Waals surface area contributed by atoms with Crippen molar-refractivity contribution >= 4 is 6.03 Å². The zero-order chi connectivity index (χ0) is 28.1. The normalized spacial score (nSPS) is 25.0. The molecule has 5 aliphatic rings. The molecule has 2 aromatic rings. The molecule has 2 saturated heterocycles. The summed E-state index contributed by atoms with van der Waals surface area (Å²) in [6.07, 6.45) is -0.578. The molecule has 212 valence electrons. The Morgan fingerprint density at radius 2 is 1.62 bits per heavy atom. The largest absolute Gasteiger partial charge is 0.417 e. The van der Waals surface area contributed by atoms with Gasteiger partial charge in [0.05, 0.1) is 17.2 Å². The number of carbonyl (C=O) groups excluding carboxylic acids is 1. The standard InChI is InChI=1S/C28H29F5N6O/c29-27(30)9-20(10-27)23-35-22(36-37-23)19-7-26(8-19)14-39(15-26)24(40)38-12-25(13-38)5-17(6-25)3-16-1-2-21(28(31,32)33)18(4-16)11-34/h1-2,4,17,19-20H,3,5-10,12-15H2,(H,35,36,37). The molecule has 7 nitrogen and oxygen atoms in total. The summed E-state index contributed by atoms with van der Waals surface area (Å²) in [7, 11) is 0. The van der Waals surface area contributed by atoms with E-state index in [-0.39, 0.29) is 47.1 Å². The number of halogens is 5. The molecular weight excluding hydrogens is 531 g/mol. The Hall–Kier alpha value is -3.23. The number of nitrogens with zero attached hydrogens (tertiary/aromatic N) is 5. The van der Waals surface area contributed by atoms with Crippen LogP contribution < -0.4 is 0 Å². The molecule has 0 unspecified atom stereocenters. The van der Waals surface area contributed by atoms with E-state index >= 15 is 0 Å². The van der Waals surface area contributed by atoms with Gasteiger partial charge < -0.3 is 9.80 Å². The maximum atomic E-state index is 13.1. The van der Waals surface area contributed by atoms with Crippen molar-refractivity contribution in [1.29, 1.82) is 5.26 Å². The summed E-state index contributed by atoms with van der Waals surface area (Å²) in [5, 5.41) is 16.2. The van der Waals surface area contributed by atoms with Crippen LogP contribution in [0.25, 0.3) is 0 Å². The van der Waals surface area contributed by atoms with Crippen LogP contribution in [0.2, 0.25) is 0 Å². The lowest BCUT2D eigenvalue weighted by molar-refractivity contribution is -0.137. The van der Waals surface area contributed by atoms with Gasteiger partial charge in [0.2, 0.25) is 5.92 Å². The van der Waals surface area contributed by atoms with Gasteiger partial charge >= 0.3 is 12.2 Å². The highest BCUT2D eigenvalue weighted by atomic mass is 19.4. The van der Waals surface area contributed by atoms with E-state index in [0.29, 0.717) is 31.3 Å². The molecular formula is C28H29F5N6O. The molecule has 2 aliphatic heterocycles. The number of aromatic amines is 1. The third kappa shape index (κ3) is 4.23. The number of aromatic nitrogens is 3. The highest BCUT2D eigenvalue weighted by molar-refractivity contribution is 5.77. The number of urea groups is 1. The van der Waals surface area contributed by atoms with Gasteiger partial charge in [-0.05, 0) is 55.7 Å². The van der Waals surface area contributed by atoms with E-state index in [1.165, 1.54) is 12.1 Å². The average Bonchev–Trinajstić information content (AvgIpc) is 3.24. The van der Waals surface area contributed by atoms with Crippen LogP contribution in [0.15, 0.2) is 18.2 Å². The highest BCUT2D eigenvalue weighted by Crippen LogP contribution is 2.57. The van der Waals surface area contributed by atoms with Gasteiger partial charge in [0, 0.05) is 61.7 Å². The second kappa shape index (κ2) is 8.40. The Bertz CT molecular complexity index is 1380. The van der Waals surface area contributed by atoms with Crippen molar-refractivity contribution in [2.24, 2.45) is 16.7 Å². The number of hydrogen-bond donors (Lipinski definition) is 1. The predicted molar refractivity (Wildman–Crippen MR) is 131 cm³/mol. The minimum atomic E-state index is -4.54. The van der Waals surface area contributed by atoms with Crippen LogP contribution in [-0.2, 0) is 12.6 Å². The van der Waals surface area contributed by atoms with Crippen LogP contribution in [0.1, 0.15) is 78.7 Å². The topological polar surface area (TPSA) is 88.9 Å². The molecule has 40 heavy (non-hydrogen) atoms. The summed E-state index contributed by atoms with van der Waals surface area (Å²) in [5.41, 5.74) is -0.259. The Labute approximate surface area is 227 Å². The predicted octanol–water partition coefficient (Wildman–Crippen LogP) is 5.46. The molecule has 1 N–H and O–H groups in total. The number of carbonyl (C=O) groups is 1. The molecule has 3 heterocycles. The van der Waals surface area contributed by atoms with Crippen LogP contribution in [0, 0.1) is 28.1 Å². The van der Waals surface area contributed by atoms with E-state index in [1.54, 1.807) is 6.07 Å². The molecule has 2 amide bonds. The lowest BCUT2D eigenvalue weighted by Gasteiger charge is -2.63. The Kier molecular flexibility index (Phi) is 5.40. The van der Waals surface area contributed by atoms with E-state index in [0.717, 1.165) is 56.2 Å². The molecule has 5 fully saturated rings. The van der Waals surface area contributed by atoms with Gasteiger partial charge in [-0.15, -0.1) is 0 Å². The third-order valence-electron chi connectivity index (χ3n) is 9.84. The highest BCUT2D eigenvalue weighted by Gasteiger charge is 2.59. The number of likely N-dealkylation sites (tertiary alicyclic amines) is 2. The molecule has 2 spiro atoms. The van der Waals surface area contributed by atoms with Crippen LogP contribution >= 0.6 is 0 Å². The van der Waals surface area contributed by atoms with Crippen molar-refractivity contribution < 1.29 is 26.7 Å². The van der Waals surface area contributed by atoms with Crippen molar-refractivity contribution in [1.82, 2.24) is 25.0 Å². The summed E-state index contributed by atoms with van der Waals surface area (Å²) in [6, 6.07) is 5.55. The van der Waals surface area contributed by atoms with E-state index in [2.05, 4.69) is 15.2 Å². The molecule has 0 atom stereocenters. The zero-order valence-electron chi connectivity index (χ0n) is 21.8. The quantitative estimate of drug-likeness (QED) is 0.503. The first kappa shape index (κ1) is 25.7. The van der Waals surface area contributed by atoms with Crippen molar-refractivity contribution in [2.75, 3.05) is 26.2 Å². The van der Waals surface area contributed by atoms with Crippen LogP contribution in [0.5, 0.6) is 0 Å². The first-order valence-corrected chi connectivity index (χ1v) is 13.8.